The summed E-state index contributed by atoms with van der Waals surface area (Å²) >= 11 is 0. The van der Waals surface area contributed by atoms with Crippen molar-refractivity contribution in [2.45, 2.75) is 68.9 Å². The van der Waals surface area contributed by atoms with Crippen LogP contribution in [0.5, 0.6) is 5.75 Å². The van der Waals surface area contributed by atoms with Crippen LogP contribution in [-0.2, 0) is 28.7 Å². The molecule has 1 spiro atoms. The largest absolute Gasteiger partial charge is 0.497 e. The summed E-state index contributed by atoms with van der Waals surface area (Å²) in [6.45, 7) is 9.05. The van der Waals surface area contributed by atoms with Gasteiger partial charge in [0.15, 0.2) is 0 Å². The lowest BCUT2D eigenvalue weighted by atomic mass is 9.70. The van der Waals surface area contributed by atoms with Gasteiger partial charge in [0.25, 0.3) is 5.91 Å². The molecule has 2 N–H and O–H groups in total. The molecule has 48 heavy (non-hydrogen) atoms. The number of fused-ring (bicyclic) bond motifs is 1. The van der Waals surface area contributed by atoms with Crippen LogP contribution >= 0.6 is 0 Å². The molecule has 256 valence electrons. The molecule has 0 radical (unpaired) electrons. The number of nitrogens with zero attached hydrogens (tertiary/aromatic N) is 2. The molecule has 11 heteroatoms. The third-order valence-corrected chi connectivity index (χ3v) is 9.79. The highest BCUT2D eigenvalue weighted by atomic mass is 16.5. The molecule has 2 aromatic rings. The van der Waals surface area contributed by atoms with E-state index in [-0.39, 0.29) is 32.1 Å². The van der Waals surface area contributed by atoms with Crippen molar-refractivity contribution in [2.75, 3.05) is 31.8 Å². The fraction of sp³-hybridized carbons (Fsp3) is 0.459. The number of carbonyl (C=O) groups excluding carboxylic acids is 4. The van der Waals surface area contributed by atoms with Gasteiger partial charge < -0.3 is 34.4 Å². The monoisotopic (exact) mass is 659 g/mol. The van der Waals surface area contributed by atoms with E-state index in [0.717, 1.165) is 5.56 Å². The average Bonchev–Trinajstić information content (AvgIpc) is 3.76. The number of likely N-dealkylation sites (tertiary alicyclic amines) is 1. The van der Waals surface area contributed by atoms with Crippen LogP contribution in [0.25, 0.3) is 0 Å². The molecule has 0 saturated carbocycles. The lowest BCUT2D eigenvalue weighted by Gasteiger charge is -2.39. The normalized spacial score (nSPS) is 25.1. The van der Waals surface area contributed by atoms with Crippen LogP contribution in [-0.4, -0.2) is 84.4 Å². The van der Waals surface area contributed by atoms with E-state index in [0.29, 0.717) is 37.1 Å². The van der Waals surface area contributed by atoms with Crippen molar-refractivity contribution >= 4 is 29.4 Å². The quantitative estimate of drug-likeness (QED) is 0.206. The maximum Gasteiger partial charge on any atom is 0.306 e. The third kappa shape index (κ3) is 6.49. The predicted octanol–water partition coefficient (Wildman–Crippen LogP) is 3.73. The molecule has 2 aromatic carbocycles. The molecule has 0 aromatic heterocycles. The van der Waals surface area contributed by atoms with Gasteiger partial charge in [-0.3, -0.25) is 19.2 Å². The lowest BCUT2D eigenvalue weighted by molar-refractivity contribution is -0.146. The molecule has 11 nitrogen and oxygen atoms in total. The molecule has 3 fully saturated rings. The number of hydrogen-bond acceptors (Lipinski definition) is 8. The van der Waals surface area contributed by atoms with Gasteiger partial charge in [0.2, 0.25) is 11.8 Å². The number of rotatable bonds is 16. The van der Waals surface area contributed by atoms with E-state index >= 15 is 0 Å². The summed E-state index contributed by atoms with van der Waals surface area (Å²) in [5.41, 5.74) is 0.0500. The van der Waals surface area contributed by atoms with Gasteiger partial charge in [-0.05, 0) is 55.5 Å². The topological polar surface area (TPSA) is 135 Å². The number of allylic oxidation sites excluding steroid dienone is 1. The van der Waals surface area contributed by atoms with Crippen LogP contribution in [0.4, 0.5) is 5.69 Å². The Morgan fingerprint density at radius 2 is 1.88 bits per heavy atom. The molecule has 5 rings (SSSR count). The number of carbonyl (C=O) groups is 4. The van der Waals surface area contributed by atoms with Crippen molar-refractivity contribution < 1.29 is 38.5 Å². The van der Waals surface area contributed by atoms with Gasteiger partial charge in [0.1, 0.15) is 24.0 Å². The number of benzene rings is 2. The van der Waals surface area contributed by atoms with Crippen LogP contribution in [0.3, 0.4) is 0 Å². The fourth-order valence-corrected chi connectivity index (χ4v) is 7.48. The van der Waals surface area contributed by atoms with Crippen molar-refractivity contribution in [1.29, 1.82) is 0 Å². The van der Waals surface area contributed by atoms with E-state index in [1.807, 2.05) is 37.3 Å². The van der Waals surface area contributed by atoms with Gasteiger partial charge in [0.05, 0.1) is 43.7 Å². The number of aliphatic hydroxyl groups is 1. The minimum atomic E-state index is -1.27. The Morgan fingerprint density at radius 3 is 2.50 bits per heavy atom. The number of nitrogens with one attached hydrogen (secondary N) is 1. The zero-order chi connectivity index (χ0) is 34.4. The van der Waals surface area contributed by atoms with Gasteiger partial charge in [-0.2, -0.15) is 0 Å². The molecule has 3 aliphatic heterocycles. The van der Waals surface area contributed by atoms with Gasteiger partial charge in [-0.15, -0.1) is 13.2 Å². The first kappa shape index (κ1) is 34.8. The first-order valence-electron chi connectivity index (χ1n) is 16.5. The number of ether oxygens (including phenoxy) is 3. The summed E-state index contributed by atoms with van der Waals surface area (Å²) in [7, 11) is 1.56. The minimum Gasteiger partial charge on any atom is -0.497 e. The summed E-state index contributed by atoms with van der Waals surface area (Å²) in [6.07, 6.45) is 4.57. The first-order chi connectivity index (χ1) is 23.2. The van der Waals surface area contributed by atoms with Crippen molar-refractivity contribution in [2.24, 2.45) is 11.8 Å². The van der Waals surface area contributed by atoms with Crippen LogP contribution in [0.2, 0.25) is 0 Å². The molecule has 3 amide bonds. The average molecular weight is 660 g/mol. The molecule has 7 atom stereocenters. The Kier molecular flexibility index (Phi) is 11.0. The first-order valence-corrected chi connectivity index (χ1v) is 16.5. The van der Waals surface area contributed by atoms with Crippen molar-refractivity contribution in [3.63, 3.8) is 0 Å². The van der Waals surface area contributed by atoms with E-state index in [1.54, 1.807) is 48.4 Å². The maximum absolute atomic E-state index is 14.7. The number of amides is 3. The Hall–Kier alpha value is -4.48. The smallest absolute Gasteiger partial charge is 0.306 e. The van der Waals surface area contributed by atoms with Gasteiger partial charge in [-0.25, -0.2) is 0 Å². The second kappa shape index (κ2) is 15.2. The summed E-state index contributed by atoms with van der Waals surface area (Å²) in [6, 6.07) is 13.8. The second-order valence-corrected chi connectivity index (χ2v) is 12.5. The molecule has 3 saturated heterocycles. The molecule has 3 heterocycles. The predicted molar refractivity (Wildman–Crippen MR) is 179 cm³/mol. The van der Waals surface area contributed by atoms with Crippen molar-refractivity contribution in [1.82, 2.24) is 10.2 Å². The van der Waals surface area contributed by atoms with E-state index in [4.69, 9.17) is 14.2 Å². The zero-order valence-electron chi connectivity index (χ0n) is 27.6. The summed E-state index contributed by atoms with van der Waals surface area (Å²) < 4.78 is 17.5. The van der Waals surface area contributed by atoms with Gasteiger partial charge >= 0.3 is 5.97 Å². The molecule has 2 bridgehead atoms. The Balaban J connectivity index is 1.47. The Labute approximate surface area is 281 Å². The van der Waals surface area contributed by atoms with E-state index in [2.05, 4.69) is 18.5 Å². The van der Waals surface area contributed by atoms with Crippen LogP contribution in [0.1, 0.15) is 50.6 Å². The maximum atomic E-state index is 14.7. The number of aliphatic hydroxyl groups excluding tert-OH is 1. The van der Waals surface area contributed by atoms with Crippen molar-refractivity contribution in [3.8, 4) is 5.75 Å². The standard InChI is InChI=1S/C37H45N3O8/c1-5-8-14-30(42)47-23-28(24-12-10-9-11-13-24)38-34(43)31-29-19-20-37(48-29)32(31)35(44)40(25(7-3)22-41)33(37)36(45)39(21-6-2)26-15-17-27(46-4)18-16-26/h5-6,9-13,15-18,25,28-29,31-33,41H,1-2,7-8,14,19-23H2,3-4H3,(H,38,43)/t25-,28+,29+,31-,32-,33+,37-/m0/s1. The van der Waals surface area contributed by atoms with E-state index in [1.165, 1.54) is 4.90 Å². The highest BCUT2D eigenvalue weighted by Crippen LogP contribution is 2.59. The summed E-state index contributed by atoms with van der Waals surface area (Å²) in [5.74, 6) is -2.81. The minimum absolute atomic E-state index is 0.0955. The summed E-state index contributed by atoms with van der Waals surface area (Å²) in [5, 5.41) is 13.5. The van der Waals surface area contributed by atoms with Gasteiger partial charge in [0, 0.05) is 18.7 Å². The van der Waals surface area contributed by atoms with E-state index in [9.17, 15) is 24.3 Å². The molecular weight excluding hydrogens is 614 g/mol. The van der Waals surface area contributed by atoms with Crippen LogP contribution in [0, 0.1) is 11.8 Å². The Bertz CT molecular complexity index is 1490. The molecular formula is C37H45N3O8. The number of esters is 1. The van der Waals surface area contributed by atoms with Crippen molar-refractivity contribution in [3.05, 3.63) is 85.5 Å². The highest BCUT2D eigenvalue weighted by molar-refractivity contribution is 6.05. The van der Waals surface area contributed by atoms with Gasteiger partial charge in [-0.1, -0.05) is 49.4 Å². The lowest BCUT2D eigenvalue weighted by Crippen LogP contribution is -2.59. The Morgan fingerprint density at radius 1 is 1.15 bits per heavy atom. The van der Waals surface area contributed by atoms with Crippen LogP contribution in [0.15, 0.2) is 79.9 Å². The summed E-state index contributed by atoms with van der Waals surface area (Å²) in [4.78, 5) is 58.8. The van der Waals surface area contributed by atoms with Crippen LogP contribution < -0.4 is 15.0 Å². The second-order valence-electron chi connectivity index (χ2n) is 12.5. The zero-order valence-corrected chi connectivity index (χ0v) is 27.6. The fourth-order valence-electron chi connectivity index (χ4n) is 7.48. The molecule has 0 unspecified atom stereocenters. The molecule has 3 aliphatic rings. The SMILES string of the molecule is C=CCCC(=O)OC[C@@H](NC(=O)[C@@H]1[C@H]2C(=O)N([C@@H](CC)CO)[C@H](C(=O)N(CC=C)c3ccc(OC)cc3)[C@]23CC[C@H]1O3)c1ccccc1. The third-order valence-electron chi connectivity index (χ3n) is 9.79. The highest BCUT2D eigenvalue weighted by Gasteiger charge is 2.75. The number of methoxy groups -OCH3 is 1. The number of hydrogen-bond donors (Lipinski definition) is 2. The molecule has 0 aliphatic carbocycles. The van der Waals surface area contributed by atoms with E-state index < -0.39 is 59.5 Å². The number of anilines is 1.